The molecular weight excluding hydrogens is 353 g/mol. The molecule has 1 unspecified atom stereocenters. The van der Waals surface area contributed by atoms with Crippen molar-refractivity contribution in [2.45, 2.75) is 12.6 Å². The van der Waals surface area contributed by atoms with Gasteiger partial charge in [0.25, 0.3) is 0 Å². The summed E-state index contributed by atoms with van der Waals surface area (Å²) in [6, 6.07) is 5.53. The minimum Gasteiger partial charge on any atom is -0.495 e. The smallest absolute Gasteiger partial charge is 0.246 e. The van der Waals surface area contributed by atoms with Crippen LogP contribution in [0, 0.1) is 0 Å². The van der Waals surface area contributed by atoms with Gasteiger partial charge in [0.2, 0.25) is 5.89 Å². The van der Waals surface area contributed by atoms with Crippen LogP contribution in [0.2, 0.25) is 5.02 Å². The second-order valence-corrected chi connectivity index (χ2v) is 5.88. The van der Waals surface area contributed by atoms with Crippen molar-refractivity contribution in [1.29, 1.82) is 0 Å². The lowest BCUT2D eigenvalue weighted by molar-refractivity contribution is 0.190. The number of hydrogen-bond acceptors (Lipinski definition) is 7. The van der Waals surface area contributed by atoms with Gasteiger partial charge in [-0.1, -0.05) is 16.8 Å². The molecule has 2 aromatic rings. The number of piperazine rings is 1. The van der Waals surface area contributed by atoms with Gasteiger partial charge in [-0.25, -0.2) is 0 Å². The van der Waals surface area contributed by atoms with Crippen molar-refractivity contribution in [3.63, 3.8) is 0 Å². The Morgan fingerprint density at radius 2 is 2.33 bits per heavy atom. The van der Waals surface area contributed by atoms with Gasteiger partial charge in [-0.3, -0.25) is 4.90 Å². The van der Waals surface area contributed by atoms with E-state index in [1.54, 1.807) is 19.2 Å². The minimum atomic E-state index is 0. The van der Waals surface area contributed by atoms with Crippen LogP contribution in [0.15, 0.2) is 22.7 Å². The van der Waals surface area contributed by atoms with E-state index in [4.69, 9.17) is 20.9 Å². The molecule has 2 heterocycles. The van der Waals surface area contributed by atoms with E-state index in [9.17, 15) is 0 Å². The van der Waals surface area contributed by atoms with Crippen LogP contribution >= 0.6 is 24.0 Å². The molecule has 7 nitrogen and oxygen atoms in total. The summed E-state index contributed by atoms with van der Waals surface area (Å²) in [5.41, 5.74) is 0.788. The van der Waals surface area contributed by atoms with Crippen LogP contribution in [0.3, 0.4) is 0 Å². The second kappa shape index (κ2) is 8.53. The van der Waals surface area contributed by atoms with Crippen molar-refractivity contribution < 1.29 is 9.26 Å². The average Bonchev–Trinajstić information content (AvgIpc) is 3.02. The van der Waals surface area contributed by atoms with Gasteiger partial charge in [0.1, 0.15) is 5.75 Å². The predicted octanol–water partition coefficient (Wildman–Crippen LogP) is 2.34. The van der Waals surface area contributed by atoms with Gasteiger partial charge < -0.3 is 19.9 Å². The lowest BCUT2D eigenvalue weighted by Gasteiger charge is -2.30. The van der Waals surface area contributed by atoms with Gasteiger partial charge in [0.05, 0.1) is 25.4 Å². The molecule has 0 amide bonds. The number of anilines is 1. The molecule has 3 rings (SSSR count). The van der Waals surface area contributed by atoms with Crippen LogP contribution in [0.5, 0.6) is 5.75 Å². The fourth-order valence-corrected chi connectivity index (χ4v) is 2.73. The van der Waals surface area contributed by atoms with Gasteiger partial charge in [0, 0.05) is 24.7 Å². The Kier molecular flexibility index (Phi) is 6.68. The van der Waals surface area contributed by atoms with Crippen molar-refractivity contribution in [2.24, 2.45) is 0 Å². The van der Waals surface area contributed by atoms with Crippen LogP contribution < -0.4 is 15.4 Å². The first-order valence-corrected chi connectivity index (χ1v) is 7.86. The number of halogens is 2. The number of likely N-dealkylation sites (N-methyl/N-ethyl adjacent to an activating group) is 1. The summed E-state index contributed by atoms with van der Waals surface area (Å²) < 4.78 is 10.6. The number of hydrogen-bond donors (Lipinski definition) is 2. The van der Waals surface area contributed by atoms with Gasteiger partial charge in [-0.2, -0.15) is 4.98 Å². The Balaban J connectivity index is 0.00000208. The van der Waals surface area contributed by atoms with Gasteiger partial charge in [0.15, 0.2) is 5.82 Å². The first kappa shape index (κ1) is 18.8. The van der Waals surface area contributed by atoms with Gasteiger partial charge in [-0.15, -0.1) is 12.4 Å². The third-order valence-electron chi connectivity index (χ3n) is 3.88. The van der Waals surface area contributed by atoms with Crippen molar-refractivity contribution in [3.8, 4) is 5.75 Å². The summed E-state index contributed by atoms with van der Waals surface area (Å²) in [5, 5.41) is 11.3. The van der Waals surface area contributed by atoms with E-state index in [1.807, 2.05) is 6.07 Å². The summed E-state index contributed by atoms with van der Waals surface area (Å²) >= 11 is 6.02. The molecule has 0 spiro atoms. The summed E-state index contributed by atoms with van der Waals surface area (Å²) in [7, 11) is 3.68. The van der Waals surface area contributed by atoms with E-state index >= 15 is 0 Å². The first-order valence-electron chi connectivity index (χ1n) is 7.48. The van der Waals surface area contributed by atoms with Crippen LogP contribution in [-0.4, -0.2) is 48.8 Å². The molecule has 1 aromatic heterocycles. The van der Waals surface area contributed by atoms with Crippen LogP contribution in [0.4, 0.5) is 5.69 Å². The third kappa shape index (κ3) is 4.30. The summed E-state index contributed by atoms with van der Waals surface area (Å²) in [5.74, 6) is 1.95. The topological polar surface area (TPSA) is 75.5 Å². The lowest BCUT2D eigenvalue weighted by atomic mass is 10.2. The predicted molar refractivity (Wildman–Crippen MR) is 95.1 cm³/mol. The molecule has 9 heteroatoms. The van der Waals surface area contributed by atoms with Crippen LogP contribution in [-0.2, 0) is 6.54 Å². The normalized spacial score (nSPS) is 18.0. The highest BCUT2D eigenvalue weighted by molar-refractivity contribution is 6.30. The fourth-order valence-electron chi connectivity index (χ4n) is 2.56. The Morgan fingerprint density at radius 3 is 3.08 bits per heavy atom. The highest BCUT2D eigenvalue weighted by atomic mass is 35.5. The van der Waals surface area contributed by atoms with E-state index in [-0.39, 0.29) is 18.4 Å². The molecule has 1 aliphatic rings. The minimum absolute atomic E-state index is 0. The number of methoxy groups -OCH3 is 1. The maximum absolute atomic E-state index is 6.02. The lowest BCUT2D eigenvalue weighted by Crippen LogP contribution is -2.44. The molecule has 0 saturated carbocycles. The van der Waals surface area contributed by atoms with Gasteiger partial charge >= 0.3 is 0 Å². The maximum atomic E-state index is 6.02. The number of ether oxygens (including phenoxy) is 1. The third-order valence-corrected chi connectivity index (χ3v) is 4.12. The summed E-state index contributed by atoms with van der Waals surface area (Å²) in [6.07, 6.45) is 0. The molecule has 0 bridgehead atoms. The SMILES string of the molecule is COc1ccc(Cl)cc1NCc1nc(C2CNCCN2C)no1.Cl. The van der Waals surface area contributed by atoms with E-state index < -0.39 is 0 Å². The average molecular weight is 374 g/mol. The molecule has 132 valence electrons. The monoisotopic (exact) mass is 373 g/mol. The van der Waals surface area contributed by atoms with Crippen LogP contribution in [0.25, 0.3) is 0 Å². The molecule has 0 radical (unpaired) electrons. The first-order chi connectivity index (χ1) is 11.2. The number of nitrogens with one attached hydrogen (secondary N) is 2. The summed E-state index contributed by atoms with van der Waals surface area (Å²) in [4.78, 5) is 6.70. The highest BCUT2D eigenvalue weighted by Gasteiger charge is 2.25. The largest absolute Gasteiger partial charge is 0.495 e. The molecule has 1 atom stereocenters. The zero-order chi connectivity index (χ0) is 16.2. The number of aromatic nitrogens is 2. The zero-order valence-electron chi connectivity index (χ0n) is 13.6. The van der Waals surface area contributed by atoms with E-state index in [0.29, 0.717) is 29.0 Å². The number of nitrogens with zero attached hydrogens (tertiary/aromatic N) is 3. The highest BCUT2D eigenvalue weighted by Crippen LogP contribution is 2.28. The fraction of sp³-hybridized carbons (Fsp3) is 0.467. The van der Waals surface area contributed by atoms with Crippen LogP contribution in [0.1, 0.15) is 17.8 Å². The second-order valence-electron chi connectivity index (χ2n) is 5.45. The van der Waals surface area contributed by atoms with Crippen molar-refractivity contribution >= 4 is 29.7 Å². The Hall–Kier alpha value is -1.54. The summed E-state index contributed by atoms with van der Waals surface area (Å²) in [6.45, 7) is 3.18. The Labute approximate surface area is 152 Å². The number of rotatable bonds is 5. The molecule has 2 N–H and O–H groups in total. The molecule has 1 fully saturated rings. The van der Waals surface area contributed by atoms with E-state index in [1.165, 1.54) is 0 Å². The quantitative estimate of drug-likeness (QED) is 0.832. The zero-order valence-corrected chi connectivity index (χ0v) is 15.2. The van der Waals surface area contributed by atoms with Gasteiger partial charge in [-0.05, 0) is 25.2 Å². The van der Waals surface area contributed by atoms with Crippen molar-refractivity contribution in [3.05, 3.63) is 34.9 Å². The molecule has 0 aliphatic carbocycles. The molecule has 1 saturated heterocycles. The van der Waals surface area contributed by atoms with Crippen molar-refractivity contribution in [1.82, 2.24) is 20.4 Å². The Bertz CT molecular complexity index is 667. The maximum Gasteiger partial charge on any atom is 0.246 e. The molecular formula is C15H21Cl2N5O2. The van der Waals surface area contributed by atoms with Crippen molar-refractivity contribution in [2.75, 3.05) is 39.1 Å². The number of benzene rings is 1. The molecule has 1 aromatic carbocycles. The standard InChI is InChI=1S/C15H20ClN5O2.ClH/c1-21-6-5-17-8-12(21)15-19-14(23-20-15)9-18-11-7-10(16)3-4-13(11)22-2;/h3-4,7,12,17-18H,5-6,8-9H2,1-2H3;1H. The molecule has 24 heavy (non-hydrogen) atoms. The van der Waals surface area contributed by atoms with E-state index in [2.05, 4.69) is 32.7 Å². The Morgan fingerprint density at radius 1 is 1.50 bits per heavy atom. The molecule has 1 aliphatic heterocycles. The van der Waals surface area contributed by atoms with E-state index in [0.717, 1.165) is 25.3 Å².